The number of nitrogens with zero attached hydrogens (tertiary/aromatic N) is 3. The number of aliphatic hydroxyl groups excluding tert-OH is 1. The maximum atomic E-state index is 12.5. The zero-order valence-corrected chi connectivity index (χ0v) is 17.1. The molecule has 0 amide bonds. The average molecular weight is 422 g/mol. The minimum absolute atomic E-state index is 0.00241. The SMILES string of the molecule is Cc1cccc(OC[C@@H](O)Cn2c(Oc3ccccc3)nc3c2c(=O)[nH]c(=O)n3C)c1. The van der Waals surface area contributed by atoms with Crippen LogP contribution < -0.4 is 20.7 Å². The van der Waals surface area contributed by atoms with E-state index in [-0.39, 0.29) is 30.3 Å². The van der Waals surface area contributed by atoms with Crippen molar-refractivity contribution in [3.05, 3.63) is 81.0 Å². The minimum Gasteiger partial charge on any atom is -0.491 e. The number of aryl methyl sites for hydroxylation is 2. The fraction of sp³-hybridized carbons (Fsp3) is 0.227. The van der Waals surface area contributed by atoms with Crippen LogP contribution >= 0.6 is 0 Å². The fourth-order valence-electron chi connectivity index (χ4n) is 3.22. The van der Waals surface area contributed by atoms with Gasteiger partial charge in [-0.1, -0.05) is 30.3 Å². The monoisotopic (exact) mass is 422 g/mol. The van der Waals surface area contributed by atoms with Gasteiger partial charge in [0.1, 0.15) is 24.2 Å². The Labute approximate surface area is 177 Å². The van der Waals surface area contributed by atoms with Gasteiger partial charge in [-0.2, -0.15) is 4.98 Å². The highest BCUT2D eigenvalue weighted by molar-refractivity contribution is 5.71. The highest BCUT2D eigenvalue weighted by Crippen LogP contribution is 2.24. The Morgan fingerprint density at radius 3 is 2.58 bits per heavy atom. The summed E-state index contributed by atoms with van der Waals surface area (Å²) >= 11 is 0. The maximum Gasteiger partial charge on any atom is 0.329 e. The summed E-state index contributed by atoms with van der Waals surface area (Å²) in [6, 6.07) is 16.5. The van der Waals surface area contributed by atoms with Crippen molar-refractivity contribution in [3.8, 4) is 17.5 Å². The number of aliphatic hydroxyl groups is 1. The second kappa shape index (κ2) is 8.49. The standard InChI is InChI=1S/C22H22N4O5/c1-14-7-6-10-17(11-14)30-13-15(27)12-26-18-19(25(2)21(29)24-20(18)28)23-22(26)31-16-8-4-3-5-9-16/h3-11,15,27H,12-13H2,1-2H3,(H,24,28,29)/t15-/m0/s1. The molecule has 4 rings (SSSR count). The molecular formula is C22H22N4O5. The molecule has 0 aliphatic heterocycles. The highest BCUT2D eigenvalue weighted by Gasteiger charge is 2.21. The molecule has 2 aromatic heterocycles. The maximum absolute atomic E-state index is 12.5. The number of fused-ring (bicyclic) bond motifs is 1. The van der Waals surface area contributed by atoms with E-state index in [1.165, 1.54) is 16.2 Å². The van der Waals surface area contributed by atoms with Gasteiger partial charge in [0.05, 0.1) is 6.54 Å². The van der Waals surface area contributed by atoms with Crippen LogP contribution in [-0.4, -0.2) is 36.9 Å². The zero-order chi connectivity index (χ0) is 22.0. The summed E-state index contributed by atoms with van der Waals surface area (Å²) in [5.41, 5.74) is 0.129. The van der Waals surface area contributed by atoms with Crippen molar-refractivity contribution in [2.24, 2.45) is 7.05 Å². The molecular weight excluding hydrogens is 400 g/mol. The first kappa shape index (κ1) is 20.4. The number of hydrogen-bond acceptors (Lipinski definition) is 6. The van der Waals surface area contributed by atoms with Crippen LogP contribution in [0.1, 0.15) is 5.56 Å². The Hall–Kier alpha value is -3.85. The molecule has 2 heterocycles. The quantitative estimate of drug-likeness (QED) is 0.471. The van der Waals surface area contributed by atoms with Crippen LogP contribution in [0.5, 0.6) is 17.5 Å². The van der Waals surface area contributed by atoms with Gasteiger partial charge in [-0.3, -0.25) is 18.9 Å². The van der Waals surface area contributed by atoms with E-state index in [9.17, 15) is 14.7 Å². The summed E-state index contributed by atoms with van der Waals surface area (Å²) in [6.07, 6.45) is -0.965. The molecule has 0 aliphatic rings. The third kappa shape index (κ3) is 4.36. The Bertz CT molecular complexity index is 1320. The van der Waals surface area contributed by atoms with Crippen LogP contribution in [-0.2, 0) is 13.6 Å². The molecule has 0 saturated carbocycles. The van der Waals surface area contributed by atoms with Crippen molar-refractivity contribution in [1.29, 1.82) is 0 Å². The summed E-state index contributed by atoms with van der Waals surface area (Å²) in [6.45, 7) is 1.92. The minimum atomic E-state index is -0.965. The lowest BCUT2D eigenvalue weighted by Crippen LogP contribution is -2.30. The third-order valence-electron chi connectivity index (χ3n) is 4.75. The number of aromatic nitrogens is 4. The number of H-pyrrole nitrogens is 1. The van der Waals surface area contributed by atoms with E-state index in [2.05, 4.69) is 9.97 Å². The van der Waals surface area contributed by atoms with E-state index in [0.29, 0.717) is 11.5 Å². The molecule has 0 saturated heterocycles. The molecule has 9 heteroatoms. The van der Waals surface area contributed by atoms with E-state index >= 15 is 0 Å². The lowest BCUT2D eigenvalue weighted by Gasteiger charge is -2.15. The number of rotatable bonds is 7. The van der Waals surface area contributed by atoms with Crippen LogP contribution in [0, 0.1) is 6.92 Å². The Morgan fingerprint density at radius 2 is 1.84 bits per heavy atom. The number of aromatic amines is 1. The molecule has 0 radical (unpaired) electrons. The second-order valence-corrected chi connectivity index (χ2v) is 7.19. The Balaban J connectivity index is 1.67. The molecule has 0 spiro atoms. The normalized spacial score (nSPS) is 12.1. The van der Waals surface area contributed by atoms with E-state index in [4.69, 9.17) is 9.47 Å². The van der Waals surface area contributed by atoms with Crippen LogP contribution in [0.2, 0.25) is 0 Å². The Kier molecular flexibility index (Phi) is 5.59. The predicted octanol–water partition coefficient (Wildman–Crippen LogP) is 1.96. The number of benzene rings is 2. The molecule has 0 fully saturated rings. The van der Waals surface area contributed by atoms with Gasteiger partial charge >= 0.3 is 11.7 Å². The number of nitrogens with one attached hydrogen (secondary N) is 1. The molecule has 160 valence electrons. The first-order valence-electron chi connectivity index (χ1n) is 9.72. The molecule has 0 unspecified atom stereocenters. The van der Waals surface area contributed by atoms with Gasteiger partial charge < -0.3 is 14.6 Å². The number of hydrogen-bond donors (Lipinski definition) is 2. The largest absolute Gasteiger partial charge is 0.491 e. The molecule has 0 aliphatic carbocycles. The fourth-order valence-corrected chi connectivity index (χ4v) is 3.22. The summed E-state index contributed by atoms with van der Waals surface area (Å²) in [5.74, 6) is 1.14. The predicted molar refractivity (Wildman–Crippen MR) is 115 cm³/mol. The van der Waals surface area contributed by atoms with E-state index in [1.807, 2.05) is 31.2 Å². The topological polar surface area (TPSA) is 111 Å². The van der Waals surface area contributed by atoms with Crippen LogP contribution in [0.15, 0.2) is 64.2 Å². The molecule has 31 heavy (non-hydrogen) atoms. The van der Waals surface area contributed by atoms with Crippen molar-refractivity contribution in [2.45, 2.75) is 19.6 Å². The van der Waals surface area contributed by atoms with E-state index in [1.54, 1.807) is 30.3 Å². The van der Waals surface area contributed by atoms with Gasteiger partial charge in [-0.15, -0.1) is 0 Å². The molecule has 9 nitrogen and oxygen atoms in total. The third-order valence-corrected chi connectivity index (χ3v) is 4.75. The van der Waals surface area contributed by atoms with Gasteiger partial charge in [0.15, 0.2) is 11.2 Å². The van der Waals surface area contributed by atoms with Crippen molar-refractivity contribution in [3.63, 3.8) is 0 Å². The zero-order valence-electron chi connectivity index (χ0n) is 17.1. The second-order valence-electron chi connectivity index (χ2n) is 7.19. The molecule has 2 aromatic carbocycles. The highest BCUT2D eigenvalue weighted by atomic mass is 16.5. The van der Waals surface area contributed by atoms with Crippen LogP contribution in [0.4, 0.5) is 0 Å². The first-order valence-corrected chi connectivity index (χ1v) is 9.72. The van der Waals surface area contributed by atoms with Gasteiger partial charge in [0.25, 0.3) is 5.56 Å². The van der Waals surface area contributed by atoms with Crippen molar-refractivity contribution in [1.82, 2.24) is 19.1 Å². The summed E-state index contributed by atoms with van der Waals surface area (Å²) < 4.78 is 14.2. The summed E-state index contributed by atoms with van der Waals surface area (Å²) in [7, 11) is 1.50. The molecule has 4 aromatic rings. The smallest absolute Gasteiger partial charge is 0.329 e. The van der Waals surface area contributed by atoms with Gasteiger partial charge in [0, 0.05) is 7.05 Å². The molecule has 0 bridgehead atoms. The number of para-hydroxylation sites is 1. The van der Waals surface area contributed by atoms with Crippen LogP contribution in [0.25, 0.3) is 11.2 Å². The number of ether oxygens (including phenoxy) is 2. The van der Waals surface area contributed by atoms with Crippen molar-refractivity contribution < 1.29 is 14.6 Å². The van der Waals surface area contributed by atoms with Crippen molar-refractivity contribution in [2.75, 3.05) is 6.61 Å². The van der Waals surface area contributed by atoms with E-state index < -0.39 is 17.4 Å². The van der Waals surface area contributed by atoms with Crippen molar-refractivity contribution >= 4 is 11.2 Å². The lowest BCUT2D eigenvalue weighted by atomic mass is 10.2. The van der Waals surface area contributed by atoms with Crippen LogP contribution in [0.3, 0.4) is 0 Å². The molecule has 2 N–H and O–H groups in total. The van der Waals surface area contributed by atoms with Gasteiger partial charge in [-0.05, 0) is 36.8 Å². The summed E-state index contributed by atoms with van der Waals surface area (Å²) in [5, 5.41) is 10.6. The van der Waals surface area contributed by atoms with Gasteiger partial charge in [0.2, 0.25) is 0 Å². The first-order chi connectivity index (χ1) is 14.9. The van der Waals surface area contributed by atoms with E-state index in [0.717, 1.165) is 5.56 Å². The summed E-state index contributed by atoms with van der Waals surface area (Å²) in [4.78, 5) is 31.1. The Morgan fingerprint density at radius 1 is 1.10 bits per heavy atom. The molecule has 1 atom stereocenters. The number of imidazole rings is 1. The van der Waals surface area contributed by atoms with Gasteiger partial charge in [-0.25, -0.2) is 4.79 Å². The average Bonchev–Trinajstić information content (AvgIpc) is 3.10. The lowest BCUT2D eigenvalue weighted by molar-refractivity contribution is 0.0915.